The molecule has 0 aliphatic rings. The van der Waals surface area contributed by atoms with Gasteiger partial charge < -0.3 is 15.3 Å². The molecule has 3 N–H and O–H groups in total. The molecule has 0 radical (unpaired) electrons. The maximum absolute atomic E-state index is 8.97. The monoisotopic (exact) mass is 179 g/mol. The lowest BCUT2D eigenvalue weighted by Crippen LogP contribution is -2.34. The van der Waals surface area contributed by atoms with Crippen molar-refractivity contribution < 1.29 is 15.3 Å². The topological polar surface area (TPSA) is 73.1 Å². The smallest absolute Gasteiger partial charge is 0.423 e. The van der Waals surface area contributed by atoms with Crippen LogP contribution >= 0.6 is 0 Å². The maximum atomic E-state index is 8.97. The van der Waals surface area contributed by atoms with Gasteiger partial charge in [-0.25, -0.2) is 0 Å². The maximum Gasteiger partial charge on any atom is 0.489 e. The van der Waals surface area contributed by atoms with Gasteiger partial charge in [-0.05, 0) is 17.9 Å². The number of nitrogens with zero attached hydrogens (tertiary/aromatic N) is 1. The molecule has 0 bridgehead atoms. The van der Waals surface area contributed by atoms with E-state index < -0.39 is 7.12 Å². The Morgan fingerprint density at radius 3 is 2.46 bits per heavy atom. The van der Waals surface area contributed by atoms with E-state index >= 15 is 0 Å². The van der Waals surface area contributed by atoms with E-state index in [0.29, 0.717) is 16.7 Å². The van der Waals surface area contributed by atoms with E-state index in [1.165, 1.54) is 0 Å². The summed E-state index contributed by atoms with van der Waals surface area (Å²) in [6.07, 6.45) is 0. The highest BCUT2D eigenvalue weighted by molar-refractivity contribution is 6.60. The summed E-state index contributed by atoms with van der Waals surface area (Å²) < 4.78 is 0. The summed E-state index contributed by atoms with van der Waals surface area (Å²) in [7, 11) is -1.55. The largest absolute Gasteiger partial charge is 0.489 e. The molecule has 1 aromatic carbocycles. The summed E-state index contributed by atoms with van der Waals surface area (Å²) >= 11 is 0. The minimum Gasteiger partial charge on any atom is -0.423 e. The molecule has 0 unspecified atom stereocenters. The van der Waals surface area contributed by atoms with Gasteiger partial charge in [0.1, 0.15) is 0 Å². The molecule has 0 spiro atoms. The predicted molar refractivity (Wildman–Crippen MR) is 50.3 cm³/mol. The lowest BCUT2D eigenvalue weighted by atomic mass is 9.76. The average Bonchev–Trinajstić information content (AvgIpc) is 2.16. The van der Waals surface area contributed by atoms with E-state index in [9.17, 15) is 0 Å². The molecular formula is C8H10BNO3. The zero-order chi connectivity index (χ0) is 9.84. The van der Waals surface area contributed by atoms with Crippen molar-refractivity contribution in [3.05, 3.63) is 29.8 Å². The summed E-state index contributed by atoms with van der Waals surface area (Å²) in [4.78, 5) is 0. The van der Waals surface area contributed by atoms with E-state index in [2.05, 4.69) is 5.16 Å². The Balaban J connectivity index is 3.20. The highest BCUT2D eigenvalue weighted by Crippen LogP contribution is 1.98. The van der Waals surface area contributed by atoms with Crippen LogP contribution in [-0.2, 0) is 0 Å². The molecule has 4 nitrogen and oxygen atoms in total. The number of rotatable bonds is 2. The molecule has 5 heteroatoms. The van der Waals surface area contributed by atoms with Crippen LogP contribution in [0.5, 0.6) is 0 Å². The molecule has 1 aromatic rings. The fourth-order valence-electron chi connectivity index (χ4n) is 1.11. The molecule has 68 valence electrons. The van der Waals surface area contributed by atoms with Crippen molar-refractivity contribution >= 4 is 18.3 Å². The Morgan fingerprint density at radius 1 is 1.31 bits per heavy atom. The second-order valence-corrected chi connectivity index (χ2v) is 2.65. The lowest BCUT2D eigenvalue weighted by molar-refractivity contribution is 0.319. The van der Waals surface area contributed by atoms with Crippen molar-refractivity contribution in [2.24, 2.45) is 5.16 Å². The van der Waals surface area contributed by atoms with Crippen molar-refractivity contribution in [3.63, 3.8) is 0 Å². The predicted octanol–water partition coefficient (Wildman–Crippen LogP) is -0.435. The Kier molecular flexibility index (Phi) is 3.05. The van der Waals surface area contributed by atoms with Crippen molar-refractivity contribution in [3.8, 4) is 0 Å². The highest BCUT2D eigenvalue weighted by Gasteiger charge is 2.16. The van der Waals surface area contributed by atoms with Gasteiger partial charge in [0.2, 0.25) is 0 Å². The summed E-state index contributed by atoms with van der Waals surface area (Å²) in [5.74, 6) is 0. The average molecular weight is 179 g/mol. The molecule has 0 aliphatic heterocycles. The SMILES string of the molecule is CC(=NO)c1ccccc1B(O)O. The lowest BCUT2D eigenvalue weighted by Gasteiger charge is -2.05. The van der Waals surface area contributed by atoms with Crippen LogP contribution in [-0.4, -0.2) is 28.1 Å². The molecule has 0 atom stereocenters. The van der Waals surface area contributed by atoms with Crippen LogP contribution in [0.2, 0.25) is 0 Å². The van der Waals surface area contributed by atoms with E-state index in [-0.39, 0.29) is 0 Å². The van der Waals surface area contributed by atoms with Crippen molar-refractivity contribution in [2.75, 3.05) is 0 Å². The van der Waals surface area contributed by atoms with Gasteiger partial charge in [0, 0.05) is 0 Å². The van der Waals surface area contributed by atoms with Crippen LogP contribution in [0.25, 0.3) is 0 Å². The number of hydrogen-bond donors (Lipinski definition) is 3. The molecular weight excluding hydrogens is 169 g/mol. The molecule has 0 aromatic heterocycles. The first kappa shape index (κ1) is 9.76. The van der Waals surface area contributed by atoms with Crippen LogP contribution in [0.3, 0.4) is 0 Å². The first-order chi connectivity index (χ1) is 6.16. The number of oxime groups is 1. The summed E-state index contributed by atoms with van der Waals surface area (Å²) in [5, 5.41) is 29.5. The van der Waals surface area contributed by atoms with Crippen LogP contribution in [0, 0.1) is 0 Å². The fourth-order valence-corrected chi connectivity index (χ4v) is 1.11. The molecule has 0 heterocycles. The van der Waals surface area contributed by atoms with E-state index in [0.717, 1.165) is 0 Å². The van der Waals surface area contributed by atoms with Crippen LogP contribution in [0.4, 0.5) is 0 Å². The minimum absolute atomic E-state index is 0.331. The second kappa shape index (κ2) is 4.07. The van der Waals surface area contributed by atoms with Gasteiger partial charge in [-0.2, -0.15) is 0 Å². The van der Waals surface area contributed by atoms with Gasteiger partial charge in [0.05, 0.1) is 5.71 Å². The third kappa shape index (κ3) is 2.08. The summed E-state index contributed by atoms with van der Waals surface area (Å²) in [5.41, 5.74) is 1.21. The molecule has 13 heavy (non-hydrogen) atoms. The third-order valence-electron chi connectivity index (χ3n) is 1.78. The first-order valence-corrected chi connectivity index (χ1v) is 3.81. The molecule has 1 rings (SSSR count). The minimum atomic E-state index is -1.55. The van der Waals surface area contributed by atoms with Gasteiger partial charge in [-0.1, -0.05) is 29.4 Å². The Morgan fingerprint density at radius 2 is 1.92 bits per heavy atom. The standard InChI is InChI=1S/C8H10BNO3/c1-6(10-13)7-4-2-3-5-8(7)9(11)12/h2-5,11-13H,1H3. The fraction of sp³-hybridized carbons (Fsp3) is 0.125. The zero-order valence-corrected chi connectivity index (χ0v) is 7.18. The van der Waals surface area contributed by atoms with E-state index in [1.807, 2.05) is 0 Å². The van der Waals surface area contributed by atoms with Gasteiger partial charge >= 0.3 is 7.12 Å². The molecule has 0 fully saturated rings. The quantitative estimate of drug-likeness (QED) is 0.249. The summed E-state index contributed by atoms with van der Waals surface area (Å²) in [6.45, 7) is 1.58. The van der Waals surface area contributed by atoms with Crippen LogP contribution < -0.4 is 5.46 Å². The summed E-state index contributed by atoms with van der Waals surface area (Å²) in [6, 6.07) is 6.64. The Bertz CT molecular complexity index is 325. The molecule has 0 aliphatic carbocycles. The van der Waals surface area contributed by atoms with Crippen molar-refractivity contribution in [1.82, 2.24) is 0 Å². The van der Waals surface area contributed by atoms with Gasteiger partial charge in [0.15, 0.2) is 0 Å². The third-order valence-corrected chi connectivity index (χ3v) is 1.78. The Labute approximate surface area is 76.3 Å². The second-order valence-electron chi connectivity index (χ2n) is 2.65. The van der Waals surface area contributed by atoms with Gasteiger partial charge in [-0.3, -0.25) is 0 Å². The van der Waals surface area contributed by atoms with Gasteiger partial charge in [-0.15, -0.1) is 0 Å². The van der Waals surface area contributed by atoms with E-state index in [4.69, 9.17) is 15.3 Å². The van der Waals surface area contributed by atoms with Crippen molar-refractivity contribution in [1.29, 1.82) is 0 Å². The first-order valence-electron chi connectivity index (χ1n) is 3.81. The van der Waals surface area contributed by atoms with Gasteiger partial charge in [0.25, 0.3) is 0 Å². The zero-order valence-electron chi connectivity index (χ0n) is 7.18. The van der Waals surface area contributed by atoms with E-state index in [1.54, 1.807) is 31.2 Å². The van der Waals surface area contributed by atoms with Crippen LogP contribution in [0.1, 0.15) is 12.5 Å². The highest BCUT2D eigenvalue weighted by atomic mass is 16.4. The molecule has 0 saturated heterocycles. The number of hydrogen-bond acceptors (Lipinski definition) is 4. The Hall–Kier alpha value is -1.33. The number of benzene rings is 1. The normalized spacial score (nSPS) is 11.5. The molecule has 0 saturated carbocycles. The van der Waals surface area contributed by atoms with Crippen molar-refractivity contribution in [2.45, 2.75) is 6.92 Å². The molecule has 0 amide bonds. The van der Waals surface area contributed by atoms with Crippen LogP contribution in [0.15, 0.2) is 29.4 Å².